The normalized spacial score (nSPS) is 42.0. The van der Waals surface area contributed by atoms with Crippen molar-refractivity contribution >= 4 is 11.9 Å². The molecule has 5 atom stereocenters. The van der Waals surface area contributed by atoms with Crippen LogP contribution in [0.15, 0.2) is 6.20 Å². The Hall–Kier alpha value is -1.77. The van der Waals surface area contributed by atoms with E-state index in [-0.39, 0.29) is 30.3 Å². The van der Waals surface area contributed by atoms with E-state index in [0.29, 0.717) is 41.6 Å². The first-order chi connectivity index (χ1) is 15.9. The lowest BCUT2D eigenvalue weighted by atomic mass is 9.52. The fraction of sp³-hybridized carbons (Fsp3) is 0.800. The average molecular weight is 457 g/mol. The van der Waals surface area contributed by atoms with Gasteiger partial charge in [0.1, 0.15) is 6.10 Å². The number of aromatic nitrogens is 2. The zero-order valence-electron chi connectivity index (χ0n) is 19.7. The largest absolute Gasteiger partial charge is 0.390 e. The molecule has 1 aromatic rings. The molecule has 2 N–H and O–H groups in total. The van der Waals surface area contributed by atoms with E-state index in [1.807, 2.05) is 0 Å². The van der Waals surface area contributed by atoms with Crippen molar-refractivity contribution in [2.45, 2.75) is 88.7 Å². The average Bonchev–Trinajstić information content (AvgIpc) is 3.29. The molecule has 0 radical (unpaired) electrons. The van der Waals surface area contributed by atoms with Crippen LogP contribution < -0.4 is 10.2 Å². The third-order valence-electron chi connectivity index (χ3n) is 8.53. The Bertz CT molecular complexity index is 894. The molecule has 8 heteroatoms. The van der Waals surface area contributed by atoms with Gasteiger partial charge in [-0.2, -0.15) is 0 Å². The monoisotopic (exact) mass is 456 g/mol. The summed E-state index contributed by atoms with van der Waals surface area (Å²) in [6, 6.07) is 0.132. The van der Waals surface area contributed by atoms with Crippen molar-refractivity contribution in [2.75, 3.05) is 24.6 Å². The quantitative estimate of drug-likeness (QED) is 0.719. The topological polar surface area (TPSA) is 96.8 Å². The van der Waals surface area contributed by atoms with Crippen molar-refractivity contribution in [1.29, 1.82) is 0 Å². The number of hydrogen-bond donors (Lipinski definition) is 2. The predicted molar refractivity (Wildman–Crippen MR) is 122 cm³/mol. The Balaban J connectivity index is 1.25. The molecular formula is C25H36N4O4. The summed E-state index contributed by atoms with van der Waals surface area (Å²) in [4.78, 5) is 25.2. The second-order valence-corrected chi connectivity index (χ2v) is 11.3. The molecule has 1 aromatic heterocycles. The van der Waals surface area contributed by atoms with Crippen molar-refractivity contribution in [3.05, 3.63) is 17.5 Å². The van der Waals surface area contributed by atoms with Crippen LogP contribution in [-0.2, 0) is 9.47 Å². The molecule has 4 saturated carbocycles. The lowest BCUT2D eigenvalue weighted by Gasteiger charge is -2.58. The number of morpholine rings is 1. The molecule has 5 unspecified atom stereocenters. The minimum absolute atomic E-state index is 0.0970. The van der Waals surface area contributed by atoms with Crippen LogP contribution in [-0.4, -0.2) is 64.5 Å². The van der Waals surface area contributed by atoms with Crippen molar-refractivity contribution in [3.63, 3.8) is 0 Å². The number of aliphatic hydroxyl groups is 1. The lowest BCUT2D eigenvalue weighted by molar-refractivity contribution is -0.136. The standard InChI is InChI=1S/C25H36N4O4/c1-14-12-29(13-15(2)33-14)24-26-11-19(22(28-24)20-4-3-5-32-20)23(30)27-21-17-6-16-7-18(21)10-25(31,8-16)9-17/h11,14-18,20-21,31H,3-10,12-13H2,1-2H3,(H,27,30). The summed E-state index contributed by atoms with van der Waals surface area (Å²) >= 11 is 0. The number of anilines is 1. The van der Waals surface area contributed by atoms with Crippen LogP contribution in [0.3, 0.4) is 0 Å². The van der Waals surface area contributed by atoms with E-state index in [1.165, 1.54) is 0 Å². The Morgan fingerprint density at radius 3 is 2.55 bits per heavy atom. The molecule has 4 bridgehead atoms. The molecule has 2 aliphatic heterocycles. The van der Waals surface area contributed by atoms with E-state index in [9.17, 15) is 9.90 Å². The Morgan fingerprint density at radius 1 is 1.18 bits per heavy atom. The molecule has 2 saturated heterocycles. The van der Waals surface area contributed by atoms with Gasteiger partial charge in [-0.25, -0.2) is 9.97 Å². The van der Waals surface area contributed by atoms with Gasteiger partial charge >= 0.3 is 0 Å². The molecule has 0 spiro atoms. The summed E-state index contributed by atoms with van der Waals surface area (Å²) in [5.74, 6) is 1.90. The minimum Gasteiger partial charge on any atom is -0.390 e. The molecule has 7 rings (SSSR count). The summed E-state index contributed by atoms with van der Waals surface area (Å²) in [5, 5.41) is 14.2. The van der Waals surface area contributed by atoms with E-state index in [2.05, 4.69) is 29.0 Å². The van der Waals surface area contributed by atoms with E-state index < -0.39 is 5.60 Å². The Morgan fingerprint density at radius 2 is 1.91 bits per heavy atom. The van der Waals surface area contributed by atoms with Gasteiger partial charge < -0.3 is 24.8 Å². The number of ether oxygens (including phenoxy) is 2. The molecule has 4 aliphatic carbocycles. The zero-order valence-corrected chi connectivity index (χ0v) is 19.7. The third kappa shape index (κ3) is 4.04. The molecule has 33 heavy (non-hydrogen) atoms. The van der Waals surface area contributed by atoms with Gasteiger partial charge in [0.2, 0.25) is 5.95 Å². The Kier molecular flexibility index (Phi) is 5.38. The van der Waals surface area contributed by atoms with Crippen LogP contribution in [0, 0.1) is 17.8 Å². The van der Waals surface area contributed by atoms with E-state index >= 15 is 0 Å². The number of carbonyl (C=O) groups excluding carboxylic acids is 1. The van der Waals surface area contributed by atoms with Crippen LogP contribution in [0.1, 0.15) is 80.9 Å². The van der Waals surface area contributed by atoms with Crippen molar-refractivity contribution in [2.24, 2.45) is 17.8 Å². The van der Waals surface area contributed by atoms with Gasteiger partial charge in [-0.15, -0.1) is 0 Å². The molecule has 180 valence electrons. The fourth-order valence-corrected chi connectivity index (χ4v) is 7.54. The second-order valence-electron chi connectivity index (χ2n) is 11.3. The predicted octanol–water partition coefficient (Wildman–Crippen LogP) is 2.61. The van der Waals surface area contributed by atoms with Gasteiger partial charge in [-0.1, -0.05) is 0 Å². The van der Waals surface area contributed by atoms with Crippen LogP contribution in [0.2, 0.25) is 0 Å². The van der Waals surface area contributed by atoms with E-state index in [1.54, 1.807) is 6.20 Å². The van der Waals surface area contributed by atoms with Gasteiger partial charge in [-0.3, -0.25) is 4.79 Å². The zero-order chi connectivity index (χ0) is 22.7. The summed E-state index contributed by atoms with van der Waals surface area (Å²) < 4.78 is 11.8. The number of nitrogens with zero attached hydrogens (tertiary/aromatic N) is 3. The van der Waals surface area contributed by atoms with Gasteiger partial charge in [0.15, 0.2) is 0 Å². The van der Waals surface area contributed by atoms with Crippen LogP contribution in [0.25, 0.3) is 0 Å². The van der Waals surface area contributed by atoms with E-state index in [0.717, 1.165) is 58.0 Å². The summed E-state index contributed by atoms with van der Waals surface area (Å²) in [7, 11) is 0. The van der Waals surface area contributed by atoms with Crippen LogP contribution in [0.5, 0.6) is 0 Å². The first-order valence-corrected chi connectivity index (χ1v) is 12.8. The number of amides is 1. The lowest BCUT2D eigenvalue weighted by Crippen LogP contribution is -2.61. The van der Waals surface area contributed by atoms with Gasteiger partial charge in [0.25, 0.3) is 5.91 Å². The molecule has 8 nitrogen and oxygen atoms in total. The highest BCUT2D eigenvalue weighted by Gasteiger charge is 2.55. The van der Waals surface area contributed by atoms with Gasteiger partial charge in [-0.05, 0) is 76.5 Å². The number of rotatable bonds is 4. The van der Waals surface area contributed by atoms with E-state index in [4.69, 9.17) is 14.5 Å². The van der Waals surface area contributed by atoms with Crippen LogP contribution >= 0.6 is 0 Å². The SMILES string of the molecule is CC1CN(c2ncc(C(=O)NC3C4CC5CC3CC(O)(C5)C4)c(C3CCCO3)n2)CC(C)O1. The van der Waals surface area contributed by atoms with Gasteiger partial charge in [0, 0.05) is 31.9 Å². The summed E-state index contributed by atoms with van der Waals surface area (Å²) in [5.41, 5.74) is 0.745. The minimum atomic E-state index is -0.502. The van der Waals surface area contributed by atoms with Crippen molar-refractivity contribution < 1.29 is 19.4 Å². The molecule has 6 fully saturated rings. The molecule has 3 heterocycles. The maximum absolute atomic E-state index is 13.5. The number of nitrogens with one attached hydrogen (secondary N) is 1. The maximum Gasteiger partial charge on any atom is 0.255 e. The third-order valence-corrected chi connectivity index (χ3v) is 8.53. The maximum atomic E-state index is 13.5. The molecule has 0 aromatic carbocycles. The molecule has 1 amide bonds. The first-order valence-electron chi connectivity index (χ1n) is 12.8. The summed E-state index contributed by atoms with van der Waals surface area (Å²) in [6.07, 6.45) is 8.40. The highest BCUT2D eigenvalue weighted by molar-refractivity contribution is 5.95. The molecule has 6 aliphatic rings. The summed E-state index contributed by atoms with van der Waals surface area (Å²) in [6.45, 7) is 6.29. The highest BCUT2D eigenvalue weighted by Crippen LogP contribution is 2.55. The highest BCUT2D eigenvalue weighted by atomic mass is 16.5. The van der Waals surface area contributed by atoms with Gasteiger partial charge in [0.05, 0.1) is 29.1 Å². The van der Waals surface area contributed by atoms with Crippen LogP contribution in [0.4, 0.5) is 5.95 Å². The second kappa shape index (κ2) is 8.17. The fourth-order valence-electron chi connectivity index (χ4n) is 7.54. The van der Waals surface area contributed by atoms with Crippen molar-refractivity contribution in [3.8, 4) is 0 Å². The smallest absolute Gasteiger partial charge is 0.255 e. The van der Waals surface area contributed by atoms with Crippen molar-refractivity contribution in [1.82, 2.24) is 15.3 Å². The Labute approximate surface area is 195 Å². The molecular weight excluding hydrogens is 420 g/mol. The number of carbonyl (C=O) groups is 1. The number of hydrogen-bond acceptors (Lipinski definition) is 7. The first kappa shape index (κ1) is 21.7.